The second-order valence-corrected chi connectivity index (χ2v) is 2.09. The van der Waals surface area contributed by atoms with E-state index >= 15 is 0 Å². The summed E-state index contributed by atoms with van der Waals surface area (Å²) in [5.74, 6) is -1.07. The van der Waals surface area contributed by atoms with Crippen molar-refractivity contribution in [3.63, 3.8) is 0 Å². The first-order valence-corrected chi connectivity index (χ1v) is 2.82. The maximum atomic E-state index is 9.93. The van der Waals surface area contributed by atoms with Crippen LogP contribution in [0, 0.1) is 0 Å². The Bertz CT molecular complexity index is 114. The van der Waals surface area contributed by atoms with Crippen molar-refractivity contribution in [3.8, 4) is 0 Å². The fraction of sp³-hybridized carbons (Fsp3) is 0.800. The minimum absolute atomic E-state index is 0.0493. The number of aliphatic hydroxyl groups excluding tert-OH is 1. The summed E-state index contributed by atoms with van der Waals surface area (Å²) in [5.41, 5.74) is 0. The maximum Gasteiger partial charge on any atom is 0.306 e. The topological polar surface area (TPSA) is 81.0 Å². The number of likely N-dealkylation sites (N-methyl/N-ethyl adjacent to an activating group) is 1. The van der Waals surface area contributed by atoms with Gasteiger partial charge >= 0.3 is 5.97 Å². The average Bonchev–Trinajstić information content (AvgIpc) is 1.58. The first-order valence-electron chi connectivity index (χ1n) is 2.82. The quantitative estimate of drug-likeness (QED) is 0.453. The van der Waals surface area contributed by atoms with Crippen LogP contribution in [0.4, 0.5) is 0 Å². The van der Waals surface area contributed by atoms with Gasteiger partial charge in [-0.05, 0) is 0 Å². The molecular formula is C5H11NO4. The molecule has 10 heavy (non-hydrogen) atoms. The van der Waals surface area contributed by atoms with Gasteiger partial charge in [0.15, 0.2) is 0 Å². The number of hydrogen-bond donors (Lipinski definition) is 3. The van der Waals surface area contributed by atoms with E-state index in [-0.39, 0.29) is 13.0 Å². The highest BCUT2D eigenvalue weighted by molar-refractivity contribution is 5.67. The lowest BCUT2D eigenvalue weighted by Gasteiger charge is -2.11. The van der Waals surface area contributed by atoms with E-state index in [1.807, 2.05) is 0 Å². The minimum Gasteiger partial charge on any atom is -0.481 e. The number of rotatable bonds is 4. The van der Waals surface area contributed by atoms with Crippen LogP contribution in [0.5, 0.6) is 0 Å². The molecule has 3 N–H and O–H groups in total. The van der Waals surface area contributed by atoms with Crippen LogP contribution in [0.25, 0.3) is 0 Å². The van der Waals surface area contributed by atoms with Gasteiger partial charge in [-0.2, -0.15) is 5.06 Å². The van der Waals surface area contributed by atoms with Gasteiger partial charge in [-0.3, -0.25) is 4.79 Å². The second kappa shape index (κ2) is 4.21. The van der Waals surface area contributed by atoms with E-state index in [1.54, 1.807) is 0 Å². The number of hydrogen-bond acceptors (Lipinski definition) is 4. The van der Waals surface area contributed by atoms with E-state index in [0.717, 1.165) is 5.06 Å². The second-order valence-electron chi connectivity index (χ2n) is 2.09. The van der Waals surface area contributed by atoms with Crippen LogP contribution in [-0.4, -0.2) is 46.1 Å². The standard InChI is InChI=1S/C5H11NO4/c1-6(10)3-4(7)2-5(8)9/h4,7,10H,2-3H2,1H3,(H,8,9). The average molecular weight is 149 g/mol. The molecule has 0 amide bonds. The highest BCUT2D eigenvalue weighted by atomic mass is 16.5. The molecule has 0 aliphatic rings. The molecular weight excluding hydrogens is 138 g/mol. The van der Waals surface area contributed by atoms with Crippen LogP contribution in [-0.2, 0) is 4.79 Å². The fourth-order valence-corrected chi connectivity index (χ4v) is 0.571. The molecule has 1 unspecified atom stereocenters. The van der Waals surface area contributed by atoms with Gasteiger partial charge in [0.2, 0.25) is 0 Å². The molecule has 0 spiro atoms. The Balaban J connectivity index is 3.43. The molecule has 0 saturated carbocycles. The van der Waals surface area contributed by atoms with Crippen molar-refractivity contribution in [1.82, 2.24) is 5.06 Å². The third kappa shape index (κ3) is 5.49. The van der Waals surface area contributed by atoms with Crippen molar-refractivity contribution >= 4 is 5.97 Å². The first-order chi connectivity index (χ1) is 4.52. The summed E-state index contributed by atoms with van der Waals surface area (Å²) in [6, 6.07) is 0. The Morgan fingerprint density at radius 1 is 1.70 bits per heavy atom. The smallest absolute Gasteiger partial charge is 0.306 e. The molecule has 0 radical (unpaired) electrons. The van der Waals surface area contributed by atoms with Gasteiger partial charge in [-0.15, -0.1) is 0 Å². The van der Waals surface area contributed by atoms with Crippen molar-refractivity contribution in [1.29, 1.82) is 0 Å². The molecule has 1 atom stereocenters. The Morgan fingerprint density at radius 3 is 2.50 bits per heavy atom. The lowest BCUT2D eigenvalue weighted by atomic mass is 10.2. The Hall–Kier alpha value is -0.650. The molecule has 0 bridgehead atoms. The molecule has 0 aromatic rings. The highest BCUT2D eigenvalue weighted by Crippen LogP contribution is 1.91. The van der Waals surface area contributed by atoms with Gasteiger partial charge in [0, 0.05) is 7.05 Å². The molecule has 0 fully saturated rings. The molecule has 60 valence electrons. The number of carboxylic acid groups (broad SMARTS) is 1. The summed E-state index contributed by atoms with van der Waals surface area (Å²) in [5, 5.41) is 26.2. The molecule has 0 saturated heterocycles. The lowest BCUT2D eigenvalue weighted by Crippen LogP contribution is -2.28. The Labute approximate surface area is 58.5 Å². The molecule has 5 nitrogen and oxygen atoms in total. The number of nitrogens with zero attached hydrogens (tertiary/aromatic N) is 1. The lowest BCUT2D eigenvalue weighted by molar-refractivity contribution is -0.141. The van der Waals surface area contributed by atoms with Crippen molar-refractivity contribution in [2.24, 2.45) is 0 Å². The third-order valence-electron chi connectivity index (χ3n) is 0.885. The van der Waals surface area contributed by atoms with Gasteiger partial charge in [-0.1, -0.05) is 0 Å². The number of aliphatic hydroxyl groups is 1. The molecule has 0 rings (SSSR count). The summed E-state index contributed by atoms with van der Waals surface area (Å²) in [7, 11) is 1.34. The van der Waals surface area contributed by atoms with Gasteiger partial charge in [0.25, 0.3) is 0 Å². The highest BCUT2D eigenvalue weighted by Gasteiger charge is 2.10. The summed E-state index contributed by atoms with van der Waals surface area (Å²) >= 11 is 0. The van der Waals surface area contributed by atoms with Gasteiger partial charge < -0.3 is 15.4 Å². The van der Waals surface area contributed by atoms with E-state index in [0.29, 0.717) is 0 Å². The number of carboxylic acids is 1. The van der Waals surface area contributed by atoms with Gasteiger partial charge in [0.1, 0.15) is 0 Å². The molecule has 0 aliphatic carbocycles. The summed E-state index contributed by atoms with van der Waals surface area (Å²) in [4.78, 5) is 9.93. The van der Waals surface area contributed by atoms with E-state index in [4.69, 9.17) is 15.4 Å². The summed E-state index contributed by atoms with van der Waals surface area (Å²) in [6.07, 6.45) is -1.35. The van der Waals surface area contributed by atoms with Crippen LogP contribution in [0.15, 0.2) is 0 Å². The fourth-order valence-electron chi connectivity index (χ4n) is 0.571. The van der Waals surface area contributed by atoms with E-state index in [1.165, 1.54) is 7.05 Å². The number of aliphatic carboxylic acids is 1. The van der Waals surface area contributed by atoms with Crippen LogP contribution >= 0.6 is 0 Å². The summed E-state index contributed by atoms with van der Waals surface area (Å²) < 4.78 is 0. The van der Waals surface area contributed by atoms with Crippen LogP contribution in [0.2, 0.25) is 0 Å². The predicted octanol–water partition coefficient (Wildman–Crippen LogP) is -0.857. The third-order valence-corrected chi connectivity index (χ3v) is 0.885. The summed E-state index contributed by atoms with van der Waals surface area (Å²) in [6.45, 7) is -0.0493. The molecule has 0 aromatic heterocycles. The molecule has 0 aliphatic heterocycles. The van der Waals surface area contributed by atoms with E-state index in [9.17, 15) is 4.79 Å². The monoisotopic (exact) mass is 149 g/mol. The van der Waals surface area contributed by atoms with Crippen molar-refractivity contribution in [2.75, 3.05) is 13.6 Å². The molecule has 5 heteroatoms. The Morgan fingerprint density at radius 2 is 2.20 bits per heavy atom. The zero-order valence-electron chi connectivity index (χ0n) is 5.69. The van der Waals surface area contributed by atoms with Gasteiger partial charge in [-0.25, -0.2) is 0 Å². The van der Waals surface area contributed by atoms with E-state index in [2.05, 4.69) is 0 Å². The zero-order chi connectivity index (χ0) is 8.15. The minimum atomic E-state index is -1.07. The predicted molar refractivity (Wildman–Crippen MR) is 32.7 cm³/mol. The van der Waals surface area contributed by atoms with Gasteiger partial charge in [0.05, 0.1) is 19.1 Å². The normalized spacial score (nSPS) is 13.6. The number of hydroxylamine groups is 2. The van der Waals surface area contributed by atoms with Crippen LogP contribution < -0.4 is 0 Å². The van der Waals surface area contributed by atoms with Crippen molar-refractivity contribution < 1.29 is 20.2 Å². The molecule has 0 aromatic carbocycles. The first kappa shape index (κ1) is 9.35. The SMILES string of the molecule is CN(O)CC(O)CC(=O)O. The largest absolute Gasteiger partial charge is 0.481 e. The van der Waals surface area contributed by atoms with E-state index < -0.39 is 12.1 Å². The van der Waals surface area contributed by atoms with Crippen LogP contribution in [0.1, 0.15) is 6.42 Å². The van der Waals surface area contributed by atoms with Crippen molar-refractivity contribution in [2.45, 2.75) is 12.5 Å². The zero-order valence-corrected chi connectivity index (χ0v) is 5.69. The number of carbonyl (C=O) groups is 1. The van der Waals surface area contributed by atoms with Crippen LogP contribution in [0.3, 0.4) is 0 Å². The molecule has 0 heterocycles. The Kier molecular flexibility index (Phi) is 3.94. The maximum absolute atomic E-state index is 9.93. The van der Waals surface area contributed by atoms with Crippen molar-refractivity contribution in [3.05, 3.63) is 0 Å².